The quantitative estimate of drug-likeness (QED) is 0.333. The molecule has 3 aromatic rings. The molecular weight excluding hydrogens is 466 g/mol. The van der Waals surface area contributed by atoms with E-state index < -0.39 is 11.7 Å². The Morgan fingerprint density at radius 1 is 0.919 bits per heavy atom. The summed E-state index contributed by atoms with van der Waals surface area (Å²) < 4.78 is 17.0. The zero-order valence-electron chi connectivity index (χ0n) is 22.2. The van der Waals surface area contributed by atoms with Gasteiger partial charge in [-0.1, -0.05) is 54.6 Å². The average molecular weight is 502 g/mol. The first kappa shape index (κ1) is 26.3. The highest BCUT2D eigenvalue weighted by Gasteiger charge is 2.29. The summed E-state index contributed by atoms with van der Waals surface area (Å²) >= 11 is 0. The highest BCUT2D eigenvalue weighted by atomic mass is 16.6. The number of nitrogens with one attached hydrogen (secondary N) is 1. The molecule has 0 fully saturated rings. The van der Waals surface area contributed by atoms with Gasteiger partial charge in [0.05, 0.1) is 11.8 Å². The van der Waals surface area contributed by atoms with E-state index in [1.807, 2.05) is 71.0 Å². The van der Waals surface area contributed by atoms with Gasteiger partial charge in [0.2, 0.25) is 0 Å². The number of carbonyl (C=O) groups is 2. The largest absolute Gasteiger partial charge is 0.491 e. The van der Waals surface area contributed by atoms with Crippen LogP contribution in [0.2, 0.25) is 0 Å². The van der Waals surface area contributed by atoms with Crippen LogP contribution in [0.1, 0.15) is 63.6 Å². The molecule has 0 heterocycles. The van der Waals surface area contributed by atoms with Crippen LogP contribution in [-0.2, 0) is 20.7 Å². The lowest BCUT2D eigenvalue weighted by atomic mass is 9.98. The number of hydrogen-bond donors (Lipinski definition) is 1. The van der Waals surface area contributed by atoms with Gasteiger partial charge < -0.3 is 14.2 Å². The van der Waals surface area contributed by atoms with Crippen molar-refractivity contribution in [1.29, 1.82) is 0 Å². The molecular formula is C31H35NO5. The van der Waals surface area contributed by atoms with Gasteiger partial charge in [0.15, 0.2) is 0 Å². The van der Waals surface area contributed by atoms with Crippen molar-refractivity contribution in [2.45, 2.75) is 65.1 Å². The fourth-order valence-electron chi connectivity index (χ4n) is 4.61. The minimum Gasteiger partial charge on any atom is -0.491 e. The molecule has 0 bridgehead atoms. The second kappa shape index (κ2) is 11.1. The monoisotopic (exact) mass is 501 g/mol. The molecule has 0 unspecified atom stereocenters. The summed E-state index contributed by atoms with van der Waals surface area (Å²) in [6.45, 7) is 9.62. The lowest BCUT2D eigenvalue weighted by molar-refractivity contribution is -0.154. The van der Waals surface area contributed by atoms with Gasteiger partial charge in [0.1, 0.15) is 18.0 Å². The molecule has 1 aliphatic rings. The van der Waals surface area contributed by atoms with Gasteiger partial charge in [0.25, 0.3) is 0 Å². The predicted molar refractivity (Wildman–Crippen MR) is 145 cm³/mol. The third-order valence-corrected chi connectivity index (χ3v) is 6.05. The van der Waals surface area contributed by atoms with Crippen molar-refractivity contribution in [2.24, 2.45) is 0 Å². The van der Waals surface area contributed by atoms with Crippen molar-refractivity contribution in [1.82, 2.24) is 0 Å². The number of rotatable bonds is 8. The summed E-state index contributed by atoms with van der Waals surface area (Å²) in [5.74, 6) is 0.312. The van der Waals surface area contributed by atoms with Crippen LogP contribution >= 0.6 is 0 Å². The zero-order valence-corrected chi connectivity index (χ0v) is 22.2. The maximum atomic E-state index is 12.9. The summed E-state index contributed by atoms with van der Waals surface area (Å²) in [6, 6.07) is 21.9. The Morgan fingerprint density at radius 2 is 1.54 bits per heavy atom. The summed E-state index contributed by atoms with van der Waals surface area (Å²) in [5.41, 5.74) is 5.47. The molecule has 1 N–H and O–H groups in total. The van der Waals surface area contributed by atoms with Gasteiger partial charge in [-0.2, -0.15) is 0 Å². The van der Waals surface area contributed by atoms with Gasteiger partial charge in [-0.15, -0.1) is 0 Å². The molecule has 1 amide bonds. The average Bonchev–Trinajstić information content (AvgIpc) is 3.14. The highest BCUT2D eigenvalue weighted by molar-refractivity contribution is 5.86. The highest BCUT2D eigenvalue weighted by Crippen LogP contribution is 2.44. The summed E-state index contributed by atoms with van der Waals surface area (Å²) in [4.78, 5) is 25.2. The Morgan fingerprint density at radius 3 is 2.14 bits per heavy atom. The van der Waals surface area contributed by atoms with Gasteiger partial charge in [-0.05, 0) is 74.9 Å². The molecule has 0 radical (unpaired) electrons. The number of carbonyl (C=O) groups excluding carboxylic acids is 2. The number of anilines is 1. The van der Waals surface area contributed by atoms with E-state index >= 15 is 0 Å². The first-order chi connectivity index (χ1) is 17.6. The first-order valence-corrected chi connectivity index (χ1v) is 12.7. The van der Waals surface area contributed by atoms with Crippen LogP contribution in [0.5, 0.6) is 5.75 Å². The molecule has 6 heteroatoms. The lowest BCUT2D eigenvalue weighted by Crippen LogP contribution is -2.24. The molecule has 3 aromatic carbocycles. The van der Waals surface area contributed by atoms with Gasteiger partial charge in [0, 0.05) is 18.4 Å². The normalized spacial score (nSPS) is 12.6. The Labute approximate surface area is 218 Å². The van der Waals surface area contributed by atoms with Crippen molar-refractivity contribution in [2.75, 3.05) is 11.9 Å². The van der Waals surface area contributed by atoms with E-state index in [1.54, 1.807) is 6.07 Å². The fraction of sp³-hybridized carbons (Fsp3) is 0.355. The number of benzene rings is 3. The van der Waals surface area contributed by atoms with E-state index in [4.69, 9.17) is 14.2 Å². The summed E-state index contributed by atoms with van der Waals surface area (Å²) in [5, 5.41) is 2.87. The van der Waals surface area contributed by atoms with E-state index in [9.17, 15) is 9.59 Å². The van der Waals surface area contributed by atoms with Crippen LogP contribution in [0, 0.1) is 0 Å². The van der Waals surface area contributed by atoms with Crippen LogP contribution < -0.4 is 10.1 Å². The molecule has 0 atom stereocenters. The Kier molecular flexibility index (Phi) is 7.86. The predicted octanol–water partition coefficient (Wildman–Crippen LogP) is 7.11. The molecule has 0 aromatic heterocycles. The molecule has 0 saturated heterocycles. The molecule has 37 heavy (non-hydrogen) atoms. The van der Waals surface area contributed by atoms with E-state index in [0.29, 0.717) is 17.9 Å². The molecule has 1 aliphatic carbocycles. The first-order valence-electron chi connectivity index (χ1n) is 12.7. The summed E-state index contributed by atoms with van der Waals surface area (Å²) in [7, 11) is 0. The van der Waals surface area contributed by atoms with Gasteiger partial charge in [-0.3, -0.25) is 10.1 Å². The minimum atomic E-state index is -0.554. The molecule has 6 nitrogen and oxygen atoms in total. The van der Waals surface area contributed by atoms with Crippen LogP contribution in [0.25, 0.3) is 11.1 Å². The fourth-order valence-corrected chi connectivity index (χ4v) is 4.61. The smallest absolute Gasteiger partial charge is 0.411 e. The maximum Gasteiger partial charge on any atom is 0.411 e. The van der Waals surface area contributed by atoms with Crippen LogP contribution in [0.3, 0.4) is 0 Å². The number of hydrogen-bond acceptors (Lipinski definition) is 5. The van der Waals surface area contributed by atoms with E-state index in [2.05, 4.69) is 29.6 Å². The molecule has 0 spiro atoms. The minimum absolute atomic E-state index is 0.0186. The van der Waals surface area contributed by atoms with Crippen LogP contribution in [-0.4, -0.2) is 30.4 Å². The van der Waals surface area contributed by atoms with Crippen molar-refractivity contribution in [3.05, 3.63) is 83.4 Å². The van der Waals surface area contributed by atoms with Crippen LogP contribution in [0.15, 0.2) is 66.7 Å². The number of esters is 1. The molecule has 0 saturated carbocycles. The molecule has 194 valence electrons. The van der Waals surface area contributed by atoms with Crippen molar-refractivity contribution in [3.63, 3.8) is 0 Å². The summed E-state index contributed by atoms with van der Waals surface area (Å²) in [6.07, 6.45) is 0.0358. The standard InChI is InChI=1S/C31H35NO5/c1-20(2)36-22-16-14-21(15-17-29(33)37-31(3,4)5)28(18-22)32-30(34)35-19-27-25-12-8-6-10-23(25)24-11-7-9-13-26(24)27/h6-14,16,18,20,27H,15,17,19H2,1-5H3,(H,32,34). The Bertz CT molecular complexity index is 1230. The van der Waals surface area contributed by atoms with Crippen molar-refractivity contribution < 1.29 is 23.8 Å². The zero-order chi connectivity index (χ0) is 26.6. The molecule has 4 rings (SSSR count). The Balaban J connectivity index is 1.46. The second-order valence-corrected chi connectivity index (χ2v) is 10.5. The van der Waals surface area contributed by atoms with Crippen molar-refractivity contribution in [3.8, 4) is 16.9 Å². The number of amides is 1. The number of fused-ring (bicyclic) bond motifs is 3. The van der Waals surface area contributed by atoms with Gasteiger partial charge >= 0.3 is 12.1 Å². The Hall–Kier alpha value is -3.80. The SMILES string of the molecule is CC(C)Oc1ccc(CCC(=O)OC(C)(C)C)c(NC(=O)OCC2c3ccccc3-c3ccccc32)c1. The lowest BCUT2D eigenvalue weighted by Gasteiger charge is -2.20. The third-order valence-electron chi connectivity index (χ3n) is 6.05. The van der Waals surface area contributed by atoms with E-state index in [-0.39, 0.29) is 31.0 Å². The second-order valence-electron chi connectivity index (χ2n) is 10.5. The molecule has 0 aliphatic heterocycles. The topological polar surface area (TPSA) is 73.9 Å². The maximum absolute atomic E-state index is 12.9. The number of aryl methyl sites for hydroxylation is 1. The van der Waals surface area contributed by atoms with Crippen LogP contribution in [0.4, 0.5) is 10.5 Å². The van der Waals surface area contributed by atoms with Crippen molar-refractivity contribution >= 4 is 17.7 Å². The third kappa shape index (κ3) is 6.70. The van der Waals surface area contributed by atoms with Gasteiger partial charge in [-0.25, -0.2) is 4.79 Å². The van der Waals surface area contributed by atoms with E-state index in [0.717, 1.165) is 16.7 Å². The van der Waals surface area contributed by atoms with E-state index in [1.165, 1.54) is 11.1 Å². The number of ether oxygens (including phenoxy) is 3.